The van der Waals surface area contributed by atoms with E-state index in [9.17, 15) is 4.79 Å². The Hall–Kier alpha value is -2.38. The lowest BCUT2D eigenvalue weighted by molar-refractivity contribution is 0.185. The van der Waals surface area contributed by atoms with Crippen LogP contribution in [-0.2, 0) is 17.8 Å². The molecule has 134 valence electrons. The molecule has 1 aromatic carbocycles. The molecule has 1 saturated heterocycles. The summed E-state index contributed by atoms with van der Waals surface area (Å²) in [5.41, 5.74) is 1.73. The zero-order valence-corrected chi connectivity index (χ0v) is 14.9. The van der Waals surface area contributed by atoms with Crippen LogP contribution in [0.1, 0.15) is 18.3 Å². The fourth-order valence-corrected chi connectivity index (χ4v) is 3.87. The summed E-state index contributed by atoms with van der Waals surface area (Å²) in [5.74, 6) is 0.768. The van der Waals surface area contributed by atoms with Crippen molar-refractivity contribution in [2.75, 3.05) is 24.7 Å². The standard InChI is InChI=1S/C18H18ClN5O2/c19-12-1-3-13(4-2-12)22-6-7-23-16(10-22)21-17-15(18(23)25)9-20-24(17)14-5-8-26-11-14/h1-4,9,14H,5-8,10-11H2. The second kappa shape index (κ2) is 6.10. The first-order chi connectivity index (χ1) is 12.7. The Morgan fingerprint density at radius 1 is 1.19 bits per heavy atom. The minimum absolute atomic E-state index is 0.00841. The van der Waals surface area contributed by atoms with Crippen LogP contribution in [0.5, 0.6) is 0 Å². The van der Waals surface area contributed by atoms with Crippen LogP contribution < -0.4 is 10.5 Å². The summed E-state index contributed by atoms with van der Waals surface area (Å²) in [6, 6.07) is 7.90. The van der Waals surface area contributed by atoms with Crippen LogP contribution in [0, 0.1) is 0 Å². The van der Waals surface area contributed by atoms with Crippen molar-refractivity contribution in [3.05, 3.63) is 51.7 Å². The van der Waals surface area contributed by atoms with Crippen molar-refractivity contribution < 1.29 is 4.74 Å². The van der Waals surface area contributed by atoms with Crippen molar-refractivity contribution >= 4 is 28.3 Å². The van der Waals surface area contributed by atoms with Crippen molar-refractivity contribution in [3.63, 3.8) is 0 Å². The molecule has 2 aliphatic rings. The van der Waals surface area contributed by atoms with Crippen LogP contribution in [0.25, 0.3) is 11.0 Å². The highest BCUT2D eigenvalue weighted by Gasteiger charge is 2.25. The van der Waals surface area contributed by atoms with Crippen LogP contribution in [0.4, 0.5) is 5.69 Å². The van der Waals surface area contributed by atoms with Gasteiger partial charge >= 0.3 is 0 Å². The number of rotatable bonds is 2. The van der Waals surface area contributed by atoms with Crippen molar-refractivity contribution in [1.29, 1.82) is 0 Å². The first-order valence-corrected chi connectivity index (χ1v) is 9.14. The first-order valence-electron chi connectivity index (χ1n) is 8.76. The molecule has 7 nitrogen and oxygen atoms in total. The van der Waals surface area contributed by atoms with Crippen molar-refractivity contribution in [2.24, 2.45) is 0 Å². The Morgan fingerprint density at radius 2 is 2.04 bits per heavy atom. The van der Waals surface area contributed by atoms with Crippen LogP contribution in [0.2, 0.25) is 5.02 Å². The molecule has 0 amide bonds. The summed E-state index contributed by atoms with van der Waals surface area (Å²) in [6.07, 6.45) is 2.54. The molecule has 0 bridgehead atoms. The summed E-state index contributed by atoms with van der Waals surface area (Å²) in [5, 5.41) is 5.73. The maximum Gasteiger partial charge on any atom is 0.264 e. The molecule has 8 heteroatoms. The molecule has 5 rings (SSSR count). The number of ether oxygens (including phenoxy) is 1. The van der Waals surface area contributed by atoms with E-state index in [1.54, 1.807) is 10.8 Å². The molecule has 1 fully saturated rings. The zero-order chi connectivity index (χ0) is 17.7. The van der Waals surface area contributed by atoms with Crippen molar-refractivity contribution in [3.8, 4) is 0 Å². The number of hydrogen-bond acceptors (Lipinski definition) is 5. The lowest BCUT2D eigenvalue weighted by Gasteiger charge is -2.30. The average molecular weight is 372 g/mol. The van der Waals surface area contributed by atoms with E-state index in [1.807, 2.05) is 28.9 Å². The van der Waals surface area contributed by atoms with Gasteiger partial charge in [-0.3, -0.25) is 9.36 Å². The smallest absolute Gasteiger partial charge is 0.264 e. The summed E-state index contributed by atoms with van der Waals surface area (Å²) in [4.78, 5) is 19.9. The van der Waals surface area contributed by atoms with Gasteiger partial charge in [-0.2, -0.15) is 5.10 Å². The Balaban J connectivity index is 1.56. The quantitative estimate of drug-likeness (QED) is 0.691. The van der Waals surface area contributed by atoms with Gasteiger partial charge in [-0.1, -0.05) is 11.6 Å². The molecule has 0 spiro atoms. The highest BCUT2D eigenvalue weighted by molar-refractivity contribution is 6.30. The van der Waals surface area contributed by atoms with Gasteiger partial charge in [0.2, 0.25) is 0 Å². The van der Waals surface area contributed by atoms with E-state index in [1.165, 1.54) is 0 Å². The number of anilines is 1. The van der Waals surface area contributed by atoms with E-state index in [2.05, 4.69) is 10.00 Å². The molecule has 1 atom stereocenters. The molecule has 0 radical (unpaired) electrons. The maximum absolute atomic E-state index is 12.9. The van der Waals surface area contributed by atoms with Gasteiger partial charge in [0.15, 0.2) is 5.65 Å². The second-order valence-electron chi connectivity index (χ2n) is 6.73. The van der Waals surface area contributed by atoms with E-state index in [4.69, 9.17) is 21.3 Å². The molecular formula is C18H18ClN5O2. The average Bonchev–Trinajstić information content (AvgIpc) is 3.31. The van der Waals surface area contributed by atoms with E-state index in [0.717, 1.165) is 31.1 Å². The Morgan fingerprint density at radius 3 is 2.81 bits per heavy atom. The van der Waals surface area contributed by atoms with Crippen LogP contribution in [-0.4, -0.2) is 39.1 Å². The van der Waals surface area contributed by atoms with Crippen molar-refractivity contribution in [2.45, 2.75) is 25.6 Å². The number of fused-ring (bicyclic) bond motifs is 2. The number of benzene rings is 1. The lowest BCUT2D eigenvalue weighted by Crippen LogP contribution is -2.40. The molecule has 1 unspecified atom stereocenters. The normalized spacial score (nSPS) is 19.9. The number of hydrogen-bond donors (Lipinski definition) is 0. The Labute approximate surface area is 154 Å². The third-order valence-corrected chi connectivity index (χ3v) is 5.41. The largest absolute Gasteiger partial charge is 0.379 e. The second-order valence-corrected chi connectivity index (χ2v) is 7.16. The lowest BCUT2D eigenvalue weighted by atomic mass is 10.2. The van der Waals surface area contributed by atoms with E-state index in [0.29, 0.717) is 35.8 Å². The molecule has 3 aromatic rings. The predicted molar refractivity (Wildman–Crippen MR) is 98.8 cm³/mol. The van der Waals surface area contributed by atoms with Gasteiger partial charge in [-0.25, -0.2) is 9.67 Å². The summed E-state index contributed by atoms with van der Waals surface area (Å²) in [6.45, 7) is 3.29. The number of aromatic nitrogens is 4. The molecule has 0 N–H and O–H groups in total. The fraction of sp³-hybridized carbons (Fsp3) is 0.389. The molecule has 0 saturated carbocycles. The zero-order valence-electron chi connectivity index (χ0n) is 14.1. The Bertz CT molecular complexity index is 1020. The summed E-state index contributed by atoms with van der Waals surface area (Å²) >= 11 is 5.99. The minimum Gasteiger partial charge on any atom is -0.379 e. The van der Waals surface area contributed by atoms with Gasteiger partial charge in [-0.05, 0) is 30.7 Å². The number of halogens is 1. The molecule has 0 aliphatic carbocycles. The fourth-order valence-electron chi connectivity index (χ4n) is 3.74. The predicted octanol–water partition coefficient (Wildman–Crippen LogP) is 2.23. The van der Waals surface area contributed by atoms with Crippen LogP contribution in [0.3, 0.4) is 0 Å². The topological polar surface area (TPSA) is 65.2 Å². The van der Waals surface area contributed by atoms with Crippen molar-refractivity contribution in [1.82, 2.24) is 19.3 Å². The minimum atomic E-state index is -0.00841. The third kappa shape index (κ3) is 2.50. The van der Waals surface area contributed by atoms with Crippen LogP contribution in [0.15, 0.2) is 35.3 Å². The monoisotopic (exact) mass is 371 g/mol. The molecule has 2 aromatic heterocycles. The molecule has 26 heavy (non-hydrogen) atoms. The van der Waals surface area contributed by atoms with Gasteiger partial charge in [0.05, 0.1) is 25.4 Å². The van der Waals surface area contributed by atoms with Gasteiger partial charge < -0.3 is 9.64 Å². The highest BCUT2D eigenvalue weighted by atomic mass is 35.5. The number of nitrogens with zero attached hydrogens (tertiary/aromatic N) is 5. The van der Waals surface area contributed by atoms with Gasteiger partial charge in [0, 0.05) is 30.4 Å². The molecule has 4 heterocycles. The van der Waals surface area contributed by atoms with Gasteiger partial charge in [0.25, 0.3) is 5.56 Å². The van der Waals surface area contributed by atoms with E-state index in [-0.39, 0.29) is 11.6 Å². The Kier molecular flexibility index (Phi) is 3.72. The van der Waals surface area contributed by atoms with Gasteiger partial charge in [-0.15, -0.1) is 0 Å². The molecule has 2 aliphatic heterocycles. The van der Waals surface area contributed by atoms with E-state index >= 15 is 0 Å². The SMILES string of the molecule is O=c1c2cnn(C3CCOC3)c2nc2n1CCN(c1ccc(Cl)cc1)C2. The third-order valence-electron chi connectivity index (χ3n) is 5.16. The van der Waals surface area contributed by atoms with E-state index < -0.39 is 0 Å². The van der Waals surface area contributed by atoms with Gasteiger partial charge in [0.1, 0.15) is 11.2 Å². The summed E-state index contributed by atoms with van der Waals surface area (Å²) in [7, 11) is 0. The maximum atomic E-state index is 12.9. The summed E-state index contributed by atoms with van der Waals surface area (Å²) < 4.78 is 9.09. The first kappa shape index (κ1) is 15.8. The van der Waals surface area contributed by atoms with Crippen LogP contribution >= 0.6 is 11.6 Å². The highest BCUT2D eigenvalue weighted by Crippen LogP contribution is 2.24. The molecular weight excluding hydrogens is 354 g/mol.